The van der Waals surface area contributed by atoms with Crippen LogP contribution in [0.1, 0.15) is 15.9 Å². The molecule has 0 radical (unpaired) electrons. The average molecular weight is 242 g/mol. The number of hydrogen-bond acceptors (Lipinski definition) is 4. The van der Waals surface area contributed by atoms with Gasteiger partial charge in [-0.15, -0.1) is 0 Å². The molecule has 0 bridgehead atoms. The minimum atomic E-state index is -0.0778. The summed E-state index contributed by atoms with van der Waals surface area (Å²) < 4.78 is 0. The molecule has 0 aliphatic heterocycles. The van der Waals surface area contributed by atoms with Gasteiger partial charge >= 0.3 is 0 Å². The van der Waals surface area contributed by atoms with Gasteiger partial charge in [-0.25, -0.2) is 9.97 Å². The zero-order valence-electron chi connectivity index (χ0n) is 10.1. The maximum Gasteiger partial charge on any atom is 0.251 e. The number of carbonyl (C=O) groups excluding carboxylic acids is 1. The second-order valence-corrected chi connectivity index (χ2v) is 3.76. The van der Waals surface area contributed by atoms with Crippen LogP contribution >= 0.6 is 0 Å². The van der Waals surface area contributed by atoms with E-state index >= 15 is 0 Å². The fraction of sp³-hybridized carbons (Fsp3) is 0.154. The second kappa shape index (κ2) is 5.77. The van der Waals surface area contributed by atoms with Gasteiger partial charge in [0.25, 0.3) is 5.91 Å². The molecule has 0 saturated heterocycles. The highest BCUT2D eigenvalue weighted by Gasteiger charge is 2.02. The number of anilines is 1. The smallest absolute Gasteiger partial charge is 0.251 e. The Morgan fingerprint density at radius 2 is 1.83 bits per heavy atom. The lowest BCUT2D eigenvalue weighted by atomic mass is 10.1. The summed E-state index contributed by atoms with van der Waals surface area (Å²) in [7, 11) is 1.62. The molecule has 1 heterocycles. The number of aromatic nitrogens is 2. The molecular formula is C13H14N4O. The van der Waals surface area contributed by atoms with Gasteiger partial charge in [0.1, 0.15) is 6.33 Å². The highest BCUT2D eigenvalue weighted by atomic mass is 16.1. The summed E-state index contributed by atoms with van der Waals surface area (Å²) >= 11 is 0. The zero-order chi connectivity index (χ0) is 12.8. The number of nitrogens with zero attached hydrogens (tertiary/aromatic N) is 2. The van der Waals surface area contributed by atoms with Crippen molar-refractivity contribution in [3.8, 4) is 0 Å². The highest BCUT2D eigenvalue weighted by Crippen LogP contribution is 2.07. The molecule has 92 valence electrons. The van der Waals surface area contributed by atoms with E-state index in [2.05, 4.69) is 20.6 Å². The fourth-order valence-electron chi connectivity index (χ4n) is 1.51. The van der Waals surface area contributed by atoms with E-state index in [4.69, 9.17) is 0 Å². The first kappa shape index (κ1) is 12.0. The van der Waals surface area contributed by atoms with Gasteiger partial charge in [0.2, 0.25) is 0 Å². The third kappa shape index (κ3) is 3.04. The van der Waals surface area contributed by atoms with Gasteiger partial charge < -0.3 is 10.6 Å². The number of hydrogen-bond donors (Lipinski definition) is 2. The van der Waals surface area contributed by atoms with Gasteiger partial charge in [0.05, 0.1) is 18.1 Å². The molecule has 0 aliphatic carbocycles. The van der Waals surface area contributed by atoms with Crippen LogP contribution in [0.4, 0.5) is 5.69 Å². The molecule has 0 spiro atoms. The van der Waals surface area contributed by atoms with Crippen molar-refractivity contribution < 1.29 is 4.79 Å². The average Bonchev–Trinajstić information content (AvgIpc) is 2.46. The molecule has 1 aromatic carbocycles. The molecule has 0 unspecified atom stereocenters. The number of amides is 1. The van der Waals surface area contributed by atoms with E-state index in [1.165, 1.54) is 6.33 Å². The number of rotatable bonds is 4. The van der Waals surface area contributed by atoms with Gasteiger partial charge in [-0.2, -0.15) is 0 Å². The molecule has 2 rings (SSSR count). The summed E-state index contributed by atoms with van der Waals surface area (Å²) in [6, 6.07) is 7.44. The Bertz CT molecular complexity index is 510. The van der Waals surface area contributed by atoms with E-state index in [1.807, 2.05) is 12.1 Å². The van der Waals surface area contributed by atoms with Crippen LogP contribution in [0.2, 0.25) is 0 Å². The summed E-state index contributed by atoms with van der Waals surface area (Å²) in [5.41, 5.74) is 2.61. The third-order valence-electron chi connectivity index (χ3n) is 2.50. The largest absolute Gasteiger partial charge is 0.378 e. The molecule has 0 atom stereocenters. The third-order valence-corrected chi connectivity index (χ3v) is 2.50. The van der Waals surface area contributed by atoms with Gasteiger partial charge in [0.15, 0.2) is 0 Å². The zero-order valence-corrected chi connectivity index (χ0v) is 10.1. The number of benzene rings is 1. The number of carbonyl (C=O) groups is 1. The van der Waals surface area contributed by atoms with Gasteiger partial charge in [-0.3, -0.25) is 4.79 Å². The molecule has 1 aromatic heterocycles. The van der Waals surface area contributed by atoms with E-state index in [-0.39, 0.29) is 5.91 Å². The molecular weight excluding hydrogens is 228 g/mol. The van der Waals surface area contributed by atoms with E-state index < -0.39 is 0 Å². The molecule has 2 N–H and O–H groups in total. The van der Waals surface area contributed by atoms with Crippen LogP contribution in [0.3, 0.4) is 0 Å². The Morgan fingerprint density at radius 3 is 2.44 bits per heavy atom. The van der Waals surface area contributed by atoms with E-state index in [1.54, 1.807) is 31.6 Å². The minimum absolute atomic E-state index is 0.0778. The summed E-state index contributed by atoms with van der Waals surface area (Å²) in [6.07, 6.45) is 4.92. The Kier molecular flexibility index (Phi) is 3.86. The maximum absolute atomic E-state index is 11.4. The topological polar surface area (TPSA) is 66.9 Å². The van der Waals surface area contributed by atoms with Crippen molar-refractivity contribution in [3.05, 3.63) is 54.1 Å². The van der Waals surface area contributed by atoms with Crippen molar-refractivity contribution in [2.75, 3.05) is 12.4 Å². The van der Waals surface area contributed by atoms with E-state index in [0.29, 0.717) is 12.1 Å². The first-order chi connectivity index (χ1) is 8.79. The predicted octanol–water partition coefficient (Wildman–Crippen LogP) is 1.45. The normalized spacial score (nSPS) is 9.83. The van der Waals surface area contributed by atoms with E-state index in [9.17, 15) is 4.79 Å². The van der Waals surface area contributed by atoms with Crippen molar-refractivity contribution in [1.82, 2.24) is 15.3 Å². The lowest BCUT2D eigenvalue weighted by Gasteiger charge is -2.06. The molecule has 1 amide bonds. The van der Waals surface area contributed by atoms with Gasteiger partial charge in [-0.05, 0) is 17.7 Å². The second-order valence-electron chi connectivity index (χ2n) is 3.76. The molecule has 5 nitrogen and oxygen atoms in total. The molecule has 2 aromatic rings. The van der Waals surface area contributed by atoms with Crippen LogP contribution in [0.5, 0.6) is 0 Å². The molecule has 0 fully saturated rings. The molecule has 0 saturated carbocycles. The van der Waals surface area contributed by atoms with Crippen LogP contribution in [0, 0.1) is 0 Å². The first-order valence-corrected chi connectivity index (χ1v) is 5.59. The van der Waals surface area contributed by atoms with Crippen molar-refractivity contribution >= 4 is 11.6 Å². The van der Waals surface area contributed by atoms with Crippen LogP contribution < -0.4 is 10.6 Å². The summed E-state index contributed by atoms with van der Waals surface area (Å²) in [5.74, 6) is -0.0778. The highest BCUT2D eigenvalue weighted by molar-refractivity contribution is 5.93. The lowest BCUT2D eigenvalue weighted by molar-refractivity contribution is 0.0963. The Hall–Kier alpha value is -2.43. The summed E-state index contributed by atoms with van der Waals surface area (Å²) in [6.45, 7) is 0.668. The van der Waals surface area contributed by atoms with E-state index in [0.717, 1.165) is 11.3 Å². The lowest BCUT2D eigenvalue weighted by Crippen LogP contribution is -2.17. The minimum Gasteiger partial charge on any atom is -0.378 e. The van der Waals surface area contributed by atoms with Crippen LogP contribution in [0.15, 0.2) is 43.0 Å². The van der Waals surface area contributed by atoms with Crippen molar-refractivity contribution in [2.24, 2.45) is 0 Å². The predicted molar refractivity (Wildman–Crippen MR) is 69.2 cm³/mol. The SMILES string of the molecule is CNC(=O)c1ccc(CNc2cncnc2)cc1. The Labute approximate surface area is 105 Å². The van der Waals surface area contributed by atoms with Crippen LogP contribution in [-0.2, 0) is 6.54 Å². The van der Waals surface area contributed by atoms with Gasteiger partial charge in [-0.1, -0.05) is 12.1 Å². The van der Waals surface area contributed by atoms with Crippen molar-refractivity contribution in [3.63, 3.8) is 0 Å². The van der Waals surface area contributed by atoms with Crippen molar-refractivity contribution in [2.45, 2.75) is 6.54 Å². The van der Waals surface area contributed by atoms with Crippen LogP contribution in [-0.4, -0.2) is 22.9 Å². The molecule has 18 heavy (non-hydrogen) atoms. The quantitative estimate of drug-likeness (QED) is 0.851. The first-order valence-electron chi connectivity index (χ1n) is 5.59. The molecule has 5 heteroatoms. The Morgan fingerprint density at radius 1 is 1.17 bits per heavy atom. The fourth-order valence-corrected chi connectivity index (χ4v) is 1.51. The maximum atomic E-state index is 11.4. The molecule has 0 aliphatic rings. The number of nitrogens with one attached hydrogen (secondary N) is 2. The summed E-state index contributed by atoms with van der Waals surface area (Å²) in [5, 5.41) is 5.79. The standard InChI is InChI=1S/C13H14N4O/c1-14-13(18)11-4-2-10(3-5-11)6-17-12-7-15-9-16-8-12/h2-5,7-9,17H,6H2,1H3,(H,14,18). The van der Waals surface area contributed by atoms with Crippen LogP contribution in [0.25, 0.3) is 0 Å². The summed E-state index contributed by atoms with van der Waals surface area (Å²) in [4.78, 5) is 19.2. The van der Waals surface area contributed by atoms with Gasteiger partial charge in [0, 0.05) is 19.2 Å². The van der Waals surface area contributed by atoms with Crippen molar-refractivity contribution in [1.29, 1.82) is 0 Å². The Balaban J connectivity index is 1.97. The monoisotopic (exact) mass is 242 g/mol.